The minimum Gasteiger partial charge on any atom is -0.496 e. The van der Waals surface area contributed by atoms with Crippen LogP contribution in [0.1, 0.15) is 52.9 Å². The van der Waals surface area contributed by atoms with Gasteiger partial charge in [0.15, 0.2) is 0 Å². The Bertz CT molecular complexity index is 789. The lowest BCUT2D eigenvalue weighted by atomic mass is 10.1. The molecule has 1 amide bonds. The van der Waals surface area contributed by atoms with Crippen molar-refractivity contribution in [3.05, 3.63) is 46.9 Å². The third-order valence-corrected chi connectivity index (χ3v) is 6.12. The van der Waals surface area contributed by atoms with E-state index in [1.54, 1.807) is 31.3 Å². The normalized spacial score (nSPS) is 14.4. The van der Waals surface area contributed by atoms with E-state index < -0.39 is 0 Å². The molecule has 5 nitrogen and oxygen atoms in total. The first-order valence-corrected chi connectivity index (χ1v) is 9.87. The first-order chi connectivity index (χ1) is 12.6. The standard InChI is InChI=1S/C20H25N3O2S/c1-13-11-22-17(14(2)18(13)25-3)12-23-19(24)16-9-6-10-21-20(16)26-15-7-4-5-8-15/h6,9-11,15H,4-5,7-8,12H2,1-3H3,(H,23,24). The number of hydrogen-bond acceptors (Lipinski definition) is 5. The first kappa shape index (κ1) is 18.7. The van der Waals surface area contributed by atoms with E-state index in [0.29, 0.717) is 17.4 Å². The zero-order chi connectivity index (χ0) is 18.5. The van der Waals surface area contributed by atoms with Crippen molar-refractivity contribution < 1.29 is 9.53 Å². The molecule has 0 aromatic carbocycles. The van der Waals surface area contributed by atoms with E-state index in [1.165, 1.54) is 25.7 Å². The monoisotopic (exact) mass is 371 g/mol. The van der Waals surface area contributed by atoms with Gasteiger partial charge in [-0.3, -0.25) is 9.78 Å². The van der Waals surface area contributed by atoms with E-state index in [4.69, 9.17) is 4.74 Å². The Balaban J connectivity index is 1.71. The highest BCUT2D eigenvalue weighted by atomic mass is 32.2. The molecule has 1 N–H and O–H groups in total. The smallest absolute Gasteiger partial charge is 0.254 e. The maximum absolute atomic E-state index is 12.7. The molecule has 1 saturated carbocycles. The Labute approximate surface area is 159 Å². The van der Waals surface area contributed by atoms with Crippen LogP contribution >= 0.6 is 11.8 Å². The van der Waals surface area contributed by atoms with Gasteiger partial charge in [-0.25, -0.2) is 4.98 Å². The van der Waals surface area contributed by atoms with Gasteiger partial charge in [0.1, 0.15) is 10.8 Å². The summed E-state index contributed by atoms with van der Waals surface area (Å²) < 4.78 is 5.44. The van der Waals surface area contributed by atoms with Crippen LogP contribution in [0.4, 0.5) is 0 Å². The van der Waals surface area contributed by atoms with Crippen LogP contribution in [-0.4, -0.2) is 28.2 Å². The number of carbonyl (C=O) groups excluding carboxylic acids is 1. The van der Waals surface area contributed by atoms with Gasteiger partial charge in [-0.15, -0.1) is 11.8 Å². The molecule has 0 unspecified atom stereocenters. The molecule has 0 atom stereocenters. The Morgan fingerprint density at radius 3 is 2.81 bits per heavy atom. The quantitative estimate of drug-likeness (QED) is 0.829. The van der Waals surface area contributed by atoms with Crippen LogP contribution in [0.15, 0.2) is 29.6 Å². The number of pyridine rings is 2. The average Bonchev–Trinajstić information content (AvgIpc) is 3.15. The van der Waals surface area contributed by atoms with Gasteiger partial charge in [-0.05, 0) is 38.8 Å². The zero-order valence-electron chi connectivity index (χ0n) is 15.5. The largest absolute Gasteiger partial charge is 0.496 e. The van der Waals surface area contributed by atoms with Gasteiger partial charge in [0.05, 0.1) is 24.9 Å². The number of carbonyl (C=O) groups is 1. The summed E-state index contributed by atoms with van der Waals surface area (Å²) in [5, 5.41) is 4.38. The maximum atomic E-state index is 12.7. The number of aromatic nitrogens is 2. The van der Waals surface area contributed by atoms with E-state index in [-0.39, 0.29) is 5.91 Å². The lowest BCUT2D eigenvalue weighted by molar-refractivity contribution is 0.0946. The van der Waals surface area contributed by atoms with Crippen molar-refractivity contribution in [1.29, 1.82) is 0 Å². The lowest BCUT2D eigenvalue weighted by Crippen LogP contribution is -2.25. The molecule has 138 valence electrons. The second-order valence-electron chi connectivity index (χ2n) is 6.61. The van der Waals surface area contributed by atoms with Gasteiger partial charge in [-0.1, -0.05) is 12.8 Å². The molecule has 2 aromatic heterocycles. The van der Waals surface area contributed by atoms with Crippen LogP contribution in [0.5, 0.6) is 5.75 Å². The Hall–Kier alpha value is -2.08. The van der Waals surface area contributed by atoms with Crippen LogP contribution < -0.4 is 10.1 Å². The summed E-state index contributed by atoms with van der Waals surface area (Å²) in [7, 11) is 1.65. The second kappa shape index (κ2) is 8.54. The zero-order valence-corrected chi connectivity index (χ0v) is 16.4. The second-order valence-corrected chi connectivity index (χ2v) is 7.90. The van der Waals surface area contributed by atoms with E-state index in [2.05, 4.69) is 15.3 Å². The summed E-state index contributed by atoms with van der Waals surface area (Å²) in [6.45, 7) is 4.29. The fourth-order valence-electron chi connectivity index (χ4n) is 3.33. The van der Waals surface area contributed by atoms with Crippen molar-refractivity contribution >= 4 is 17.7 Å². The molecule has 26 heavy (non-hydrogen) atoms. The average molecular weight is 372 g/mol. The number of methoxy groups -OCH3 is 1. The van der Waals surface area contributed by atoms with Crippen molar-refractivity contribution in [3.63, 3.8) is 0 Å². The van der Waals surface area contributed by atoms with E-state index in [1.807, 2.05) is 26.0 Å². The van der Waals surface area contributed by atoms with Crippen LogP contribution in [-0.2, 0) is 6.54 Å². The number of nitrogens with one attached hydrogen (secondary N) is 1. The summed E-state index contributed by atoms with van der Waals surface area (Å²) in [5.74, 6) is 0.711. The number of ether oxygens (including phenoxy) is 1. The molecule has 1 fully saturated rings. The van der Waals surface area contributed by atoms with Crippen LogP contribution in [0.25, 0.3) is 0 Å². The van der Waals surface area contributed by atoms with E-state index >= 15 is 0 Å². The van der Waals surface area contributed by atoms with Crippen molar-refractivity contribution in [2.45, 2.75) is 56.4 Å². The number of thioether (sulfide) groups is 1. The highest BCUT2D eigenvalue weighted by Crippen LogP contribution is 2.35. The number of nitrogens with zero attached hydrogens (tertiary/aromatic N) is 2. The maximum Gasteiger partial charge on any atom is 0.254 e. The third kappa shape index (κ3) is 4.18. The number of aryl methyl sites for hydroxylation is 1. The van der Waals surface area contributed by atoms with Crippen LogP contribution in [0.3, 0.4) is 0 Å². The molecule has 0 radical (unpaired) electrons. The third-order valence-electron chi connectivity index (χ3n) is 4.76. The fraction of sp³-hybridized carbons (Fsp3) is 0.450. The highest BCUT2D eigenvalue weighted by molar-refractivity contribution is 7.99. The highest BCUT2D eigenvalue weighted by Gasteiger charge is 2.21. The molecule has 0 saturated heterocycles. The molecular formula is C20H25N3O2S. The summed E-state index contributed by atoms with van der Waals surface area (Å²) >= 11 is 1.73. The van der Waals surface area contributed by atoms with Crippen molar-refractivity contribution in [3.8, 4) is 5.75 Å². The van der Waals surface area contributed by atoms with E-state index in [9.17, 15) is 4.79 Å². The molecule has 6 heteroatoms. The Kier molecular flexibility index (Phi) is 6.14. The van der Waals surface area contributed by atoms with Gasteiger partial charge in [0, 0.05) is 28.8 Å². The number of hydrogen-bond donors (Lipinski definition) is 1. The molecular weight excluding hydrogens is 346 g/mol. The van der Waals surface area contributed by atoms with Crippen molar-refractivity contribution in [2.75, 3.05) is 7.11 Å². The summed E-state index contributed by atoms with van der Waals surface area (Å²) in [6.07, 6.45) is 8.48. The molecule has 1 aliphatic rings. The minimum atomic E-state index is -0.112. The van der Waals surface area contributed by atoms with Gasteiger partial charge < -0.3 is 10.1 Å². The van der Waals surface area contributed by atoms with Gasteiger partial charge >= 0.3 is 0 Å². The topological polar surface area (TPSA) is 64.1 Å². The molecule has 1 aliphatic carbocycles. The number of rotatable bonds is 6. The van der Waals surface area contributed by atoms with Crippen molar-refractivity contribution in [1.82, 2.24) is 15.3 Å². The van der Waals surface area contributed by atoms with Crippen LogP contribution in [0.2, 0.25) is 0 Å². The summed E-state index contributed by atoms with van der Waals surface area (Å²) in [6, 6.07) is 3.65. The Morgan fingerprint density at radius 2 is 2.08 bits per heavy atom. The van der Waals surface area contributed by atoms with Gasteiger partial charge in [0.2, 0.25) is 0 Å². The lowest BCUT2D eigenvalue weighted by Gasteiger charge is -2.14. The number of amides is 1. The Morgan fingerprint density at radius 1 is 1.31 bits per heavy atom. The fourth-order valence-corrected chi connectivity index (χ4v) is 4.62. The van der Waals surface area contributed by atoms with Gasteiger partial charge in [-0.2, -0.15) is 0 Å². The van der Waals surface area contributed by atoms with E-state index in [0.717, 1.165) is 27.6 Å². The SMILES string of the molecule is COc1c(C)cnc(CNC(=O)c2cccnc2SC2CCCC2)c1C. The molecule has 2 heterocycles. The van der Waals surface area contributed by atoms with Crippen molar-refractivity contribution in [2.24, 2.45) is 0 Å². The predicted octanol–water partition coefficient (Wildman–Crippen LogP) is 4.07. The molecule has 2 aromatic rings. The summed E-state index contributed by atoms with van der Waals surface area (Å²) in [5.41, 5.74) is 3.40. The molecule has 0 spiro atoms. The molecule has 0 aliphatic heterocycles. The molecule has 0 bridgehead atoms. The summed E-state index contributed by atoms with van der Waals surface area (Å²) in [4.78, 5) is 21.6. The van der Waals surface area contributed by atoms with Gasteiger partial charge in [0.25, 0.3) is 5.91 Å². The predicted molar refractivity (Wildman–Crippen MR) is 104 cm³/mol. The minimum absolute atomic E-state index is 0.112. The first-order valence-electron chi connectivity index (χ1n) is 8.99. The van der Waals surface area contributed by atoms with Crippen LogP contribution in [0, 0.1) is 13.8 Å². The molecule has 3 rings (SSSR count).